The highest BCUT2D eigenvalue weighted by atomic mass is 35.5. The highest BCUT2D eigenvalue weighted by molar-refractivity contribution is 6.33. The molecule has 0 amide bonds. The van der Waals surface area contributed by atoms with Gasteiger partial charge in [-0.05, 0) is 36.8 Å². The molecular formula is C19H13ClN2O6. The maximum absolute atomic E-state index is 12.3. The summed E-state index contributed by atoms with van der Waals surface area (Å²) >= 11 is 5.93. The van der Waals surface area contributed by atoms with Gasteiger partial charge in [0.1, 0.15) is 17.4 Å². The lowest BCUT2D eigenvalue weighted by atomic mass is 10.1. The van der Waals surface area contributed by atoms with Gasteiger partial charge in [-0.2, -0.15) is 5.26 Å². The molecule has 2 aromatic rings. The number of nitro benzene ring substituents is 1. The molecule has 0 aromatic heterocycles. The largest absolute Gasteiger partial charge is 0.462 e. The van der Waals surface area contributed by atoms with E-state index in [2.05, 4.69) is 0 Å². The highest BCUT2D eigenvalue weighted by Crippen LogP contribution is 2.24. The molecule has 28 heavy (non-hydrogen) atoms. The van der Waals surface area contributed by atoms with Crippen molar-refractivity contribution in [3.8, 4) is 11.8 Å². The molecule has 0 radical (unpaired) electrons. The summed E-state index contributed by atoms with van der Waals surface area (Å²) in [5.41, 5.74) is -0.269. The zero-order valence-electron chi connectivity index (χ0n) is 14.5. The first-order chi connectivity index (χ1) is 13.3. The van der Waals surface area contributed by atoms with Gasteiger partial charge in [-0.1, -0.05) is 23.7 Å². The van der Waals surface area contributed by atoms with Crippen LogP contribution in [0.3, 0.4) is 0 Å². The monoisotopic (exact) mass is 400 g/mol. The zero-order valence-corrected chi connectivity index (χ0v) is 15.3. The topological polar surface area (TPSA) is 120 Å². The maximum Gasteiger partial charge on any atom is 0.348 e. The third-order valence-electron chi connectivity index (χ3n) is 3.38. The Balaban J connectivity index is 2.27. The van der Waals surface area contributed by atoms with E-state index in [-0.39, 0.29) is 34.2 Å². The number of benzene rings is 2. The van der Waals surface area contributed by atoms with Crippen LogP contribution in [0, 0.1) is 21.4 Å². The van der Waals surface area contributed by atoms with E-state index in [4.69, 9.17) is 26.3 Å². The quantitative estimate of drug-likeness (QED) is 0.180. The fourth-order valence-corrected chi connectivity index (χ4v) is 2.32. The fourth-order valence-electron chi connectivity index (χ4n) is 2.13. The van der Waals surface area contributed by atoms with Gasteiger partial charge in [-0.25, -0.2) is 9.59 Å². The molecule has 0 bridgehead atoms. The third kappa shape index (κ3) is 5.16. The van der Waals surface area contributed by atoms with E-state index in [0.29, 0.717) is 5.56 Å². The Hall–Kier alpha value is -3.70. The first-order valence-corrected chi connectivity index (χ1v) is 8.28. The third-order valence-corrected chi connectivity index (χ3v) is 3.71. The zero-order chi connectivity index (χ0) is 20.7. The summed E-state index contributed by atoms with van der Waals surface area (Å²) in [6.07, 6.45) is 1.29. The van der Waals surface area contributed by atoms with Crippen molar-refractivity contribution in [2.45, 2.75) is 6.92 Å². The molecule has 0 aliphatic carbocycles. The number of hydrogen-bond acceptors (Lipinski definition) is 7. The Morgan fingerprint density at radius 3 is 2.68 bits per heavy atom. The van der Waals surface area contributed by atoms with E-state index < -0.39 is 16.9 Å². The number of non-ortho nitro benzene ring substituents is 1. The van der Waals surface area contributed by atoms with E-state index in [9.17, 15) is 19.7 Å². The molecule has 0 heterocycles. The summed E-state index contributed by atoms with van der Waals surface area (Å²) in [5.74, 6) is -1.56. The second-order valence-electron chi connectivity index (χ2n) is 5.27. The van der Waals surface area contributed by atoms with Crippen molar-refractivity contribution in [2.24, 2.45) is 0 Å². The van der Waals surface area contributed by atoms with E-state index >= 15 is 0 Å². The number of halogens is 1. The van der Waals surface area contributed by atoms with Crippen LogP contribution in [0.2, 0.25) is 5.02 Å². The lowest BCUT2D eigenvalue weighted by Crippen LogP contribution is -2.10. The van der Waals surface area contributed by atoms with Gasteiger partial charge in [-0.3, -0.25) is 10.1 Å². The number of rotatable bonds is 6. The van der Waals surface area contributed by atoms with Crippen LogP contribution in [0.1, 0.15) is 22.8 Å². The van der Waals surface area contributed by atoms with Crippen molar-refractivity contribution in [3.05, 3.63) is 74.3 Å². The molecule has 0 aliphatic rings. The van der Waals surface area contributed by atoms with Crippen molar-refractivity contribution < 1.29 is 24.0 Å². The van der Waals surface area contributed by atoms with Crippen LogP contribution in [0.4, 0.5) is 5.69 Å². The molecule has 2 aromatic carbocycles. The number of esters is 2. The molecule has 0 fully saturated rings. The number of carbonyl (C=O) groups is 2. The molecule has 0 aliphatic heterocycles. The number of ether oxygens (including phenoxy) is 2. The summed E-state index contributed by atoms with van der Waals surface area (Å²) < 4.78 is 9.98. The van der Waals surface area contributed by atoms with Crippen molar-refractivity contribution >= 4 is 35.3 Å². The van der Waals surface area contributed by atoms with Crippen LogP contribution in [0.25, 0.3) is 6.08 Å². The number of nitriles is 1. The standard InChI is InChI=1S/C19H13ClN2O6/c1-2-27-18(23)13(11-21)8-12-4-3-5-15(9-12)28-19(24)16-10-14(22(25)26)6-7-17(16)20/h3-10H,2H2,1H3/b13-8+. The molecule has 0 saturated heterocycles. The minimum absolute atomic E-state index is 0.000674. The predicted molar refractivity (Wildman–Crippen MR) is 99.7 cm³/mol. The van der Waals surface area contributed by atoms with E-state index in [1.807, 2.05) is 0 Å². The molecule has 8 nitrogen and oxygen atoms in total. The summed E-state index contributed by atoms with van der Waals surface area (Å²) in [6.45, 7) is 1.74. The van der Waals surface area contributed by atoms with Gasteiger partial charge in [-0.15, -0.1) is 0 Å². The Bertz CT molecular complexity index is 1010. The molecule has 0 saturated carbocycles. The second kappa shape index (κ2) is 9.30. The molecule has 142 valence electrons. The van der Waals surface area contributed by atoms with Crippen LogP contribution in [0.5, 0.6) is 5.75 Å². The van der Waals surface area contributed by atoms with Gasteiger partial charge in [0.25, 0.3) is 5.69 Å². The lowest BCUT2D eigenvalue weighted by Gasteiger charge is -2.07. The summed E-state index contributed by atoms with van der Waals surface area (Å²) in [5, 5.41) is 19.9. The van der Waals surface area contributed by atoms with Gasteiger partial charge in [0, 0.05) is 12.1 Å². The smallest absolute Gasteiger partial charge is 0.348 e. The average Bonchev–Trinajstić information content (AvgIpc) is 2.66. The maximum atomic E-state index is 12.3. The Labute approximate surface area is 164 Å². The first kappa shape index (κ1) is 20.6. The minimum Gasteiger partial charge on any atom is -0.462 e. The first-order valence-electron chi connectivity index (χ1n) is 7.90. The SMILES string of the molecule is CCOC(=O)/C(C#N)=C/c1cccc(OC(=O)c2cc([N+](=O)[O-])ccc2Cl)c1. The predicted octanol–water partition coefficient (Wildman–Crippen LogP) is 3.94. The second-order valence-corrected chi connectivity index (χ2v) is 5.68. The molecule has 0 atom stereocenters. The Morgan fingerprint density at radius 1 is 1.29 bits per heavy atom. The molecule has 0 unspecified atom stereocenters. The fraction of sp³-hybridized carbons (Fsp3) is 0.105. The molecular weight excluding hydrogens is 388 g/mol. The highest BCUT2D eigenvalue weighted by Gasteiger charge is 2.18. The van der Waals surface area contributed by atoms with Crippen LogP contribution < -0.4 is 4.74 Å². The molecule has 0 spiro atoms. The van der Waals surface area contributed by atoms with Crippen molar-refractivity contribution in [1.82, 2.24) is 0 Å². The summed E-state index contributed by atoms with van der Waals surface area (Å²) in [7, 11) is 0. The Kier molecular flexibility index (Phi) is 6.84. The van der Waals surface area contributed by atoms with Crippen LogP contribution >= 0.6 is 11.6 Å². The van der Waals surface area contributed by atoms with E-state index in [1.165, 1.54) is 30.3 Å². The molecule has 2 rings (SSSR count). The van der Waals surface area contributed by atoms with Gasteiger partial charge in [0.2, 0.25) is 0 Å². The molecule has 0 N–H and O–H groups in total. The van der Waals surface area contributed by atoms with Crippen molar-refractivity contribution in [2.75, 3.05) is 6.61 Å². The normalized spacial score (nSPS) is 10.7. The van der Waals surface area contributed by atoms with E-state index in [1.54, 1.807) is 25.1 Å². The van der Waals surface area contributed by atoms with Crippen LogP contribution in [-0.4, -0.2) is 23.5 Å². The van der Waals surface area contributed by atoms with E-state index in [0.717, 1.165) is 6.07 Å². The Morgan fingerprint density at radius 2 is 2.04 bits per heavy atom. The van der Waals surface area contributed by atoms with Crippen LogP contribution in [-0.2, 0) is 9.53 Å². The van der Waals surface area contributed by atoms with Gasteiger partial charge in [0.15, 0.2) is 0 Å². The number of carbonyl (C=O) groups excluding carboxylic acids is 2. The van der Waals surface area contributed by atoms with Gasteiger partial charge >= 0.3 is 11.9 Å². The number of nitro groups is 1. The minimum atomic E-state index is -0.888. The van der Waals surface area contributed by atoms with Gasteiger partial charge < -0.3 is 9.47 Å². The summed E-state index contributed by atoms with van der Waals surface area (Å²) in [6, 6.07) is 11.2. The van der Waals surface area contributed by atoms with Crippen molar-refractivity contribution in [1.29, 1.82) is 5.26 Å². The average molecular weight is 401 g/mol. The summed E-state index contributed by atoms with van der Waals surface area (Å²) in [4.78, 5) is 34.2. The van der Waals surface area contributed by atoms with Crippen molar-refractivity contribution in [3.63, 3.8) is 0 Å². The number of nitrogens with zero attached hydrogens (tertiary/aromatic N) is 2. The number of hydrogen-bond donors (Lipinski definition) is 0. The van der Waals surface area contributed by atoms with Crippen LogP contribution in [0.15, 0.2) is 48.0 Å². The lowest BCUT2D eigenvalue weighted by molar-refractivity contribution is -0.384. The van der Waals surface area contributed by atoms with Gasteiger partial charge in [0.05, 0.1) is 22.1 Å². The molecule has 9 heteroatoms.